The Morgan fingerprint density at radius 3 is 2.05 bits per heavy atom. The minimum Gasteiger partial charge on any atom is -0.265 e. The lowest BCUT2D eigenvalue weighted by Crippen LogP contribution is -1.94. The topological polar surface area (TPSA) is 81.8 Å². The highest BCUT2D eigenvalue weighted by Crippen LogP contribution is 2.32. The fourth-order valence-corrected chi connectivity index (χ4v) is 2.04. The van der Waals surface area contributed by atoms with E-state index >= 15 is 0 Å². The minimum absolute atomic E-state index is 0.0420. The molecule has 3 rings (SSSR count). The third kappa shape index (κ3) is 2.59. The molecule has 0 aliphatic heterocycles. The maximum Gasteiger partial charge on any atom is 0.288 e. The normalized spacial score (nSPS) is 10.3. The van der Waals surface area contributed by atoms with Crippen LogP contribution in [-0.4, -0.2) is 19.9 Å². The van der Waals surface area contributed by atoms with Gasteiger partial charge in [-0.15, -0.1) is 0 Å². The smallest absolute Gasteiger partial charge is 0.265 e. The summed E-state index contributed by atoms with van der Waals surface area (Å²) in [5.41, 5.74) is 3.01. The van der Waals surface area contributed by atoms with Crippen molar-refractivity contribution in [2.75, 3.05) is 0 Å². The molecule has 0 saturated heterocycles. The van der Waals surface area contributed by atoms with Crippen molar-refractivity contribution in [3.05, 3.63) is 71.4 Å². The van der Waals surface area contributed by atoms with Crippen LogP contribution in [0.2, 0.25) is 0 Å². The van der Waals surface area contributed by atoms with E-state index in [0.717, 1.165) is 11.1 Å². The van der Waals surface area contributed by atoms with Crippen LogP contribution in [0.4, 0.5) is 5.69 Å². The number of rotatable bonds is 3. The molecule has 0 aromatic carbocycles. The van der Waals surface area contributed by atoms with Gasteiger partial charge < -0.3 is 0 Å². The van der Waals surface area contributed by atoms with Crippen molar-refractivity contribution in [2.24, 2.45) is 0 Å². The molecule has 0 N–H and O–H groups in total. The van der Waals surface area contributed by atoms with E-state index in [1.165, 1.54) is 12.3 Å². The molecule has 6 heteroatoms. The standard InChI is InChI=1S/C15H10N4O2/c20-19(21)13-9-14(11-1-5-16-6-2-11)15(18-10-13)12-3-7-17-8-4-12/h1-10H. The van der Waals surface area contributed by atoms with Crippen molar-refractivity contribution in [1.82, 2.24) is 15.0 Å². The van der Waals surface area contributed by atoms with Gasteiger partial charge in [-0.2, -0.15) is 0 Å². The van der Waals surface area contributed by atoms with Gasteiger partial charge >= 0.3 is 0 Å². The summed E-state index contributed by atoms with van der Waals surface area (Å²) in [5.74, 6) is 0. The second-order valence-electron chi connectivity index (χ2n) is 4.32. The molecule has 0 atom stereocenters. The molecule has 0 unspecified atom stereocenters. The monoisotopic (exact) mass is 278 g/mol. The number of hydrogen-bond acceptors (Lipinski definition) is 5. The average molecular weight is 278 g/mol. The molecule has 102 valence electrons. The number of aromatic nitrogens is 3. The summed E-state index contributed by atoms with van der Waals surface area (Å²) < 4.78 is 0. The van der Waals surface area contributed by atoms with E-state index in [4.69, 9.17) is 0 Å². The summed E-state index contributed by atoms with van der Waals surface area (Å²) in [5, 5.41) is 11.0. The van der Waals surface area contributed by atoms with Crippen molar-refractivity contribution in [3.8, 4) is 22.4 Å². The van der Waals surface area contributed by atoms with E-state index < -0.39 is 4.92 Å². The molecular formula is C15H10N4O2. The maximum atomic E-state index is 11.0. The Balaban J connectivity index is 2.23. The van der Waals surface area contributed by atoms with Crippen molar-refractivity contribution in [2.45, 2.75) is 0 Å². The van der Waals surface area contributed by atoms with E-state index in [1.54, 1.807) is 36.9 Å². The van der Waals surface area contributed by atoms with Gasteiger partial charge in [0, 0.05) is 42.0 Å². The molecule has 3 aromatic heterocycles. The first kappa shape index (κ1) is 12.9. The van der Waals surface area contributed by atoms with E-state index in [0.29, 0.717) is 11.3 Å². The molecule has 0 amide bonds. The predicted molar refractivity (Wildman–Crippen MR) is 77.4 cm³/mol. The van der Waals surface area contributed by atoms with Gasteiger partial charge in [0.25, 0.3) is 5.69 Å². The zero-order valence-electron chi connectivity index (χ0n) is 10.9. The molecule has 0 saturated carbocycles. The van der Waals surface area contributed by atoms with E-state index in [1.807, 2.05) is 12.1 Å². The highest BCUT2D eigenvalue weighted by Gasteiger charge is 2.15. The Morgan fingerprint density at radius 1 is 0.905 bits per heavy atom. The molecule has 0 radical (unpaired) electrons. The van der Waals surface area contributed by atoms with Gasteiger partial charge in [0.05, 0.1) is 10.6 Å². The second-order valence-corrected chi connectivity index (χ2v) is 4.32. The van der Waals surface area contributed by atoms with E-state index in [9.17, 15) is 10.1 Å². The van der Waals surface area contributed by atoms with Gasteiger partial charge in [0.15, 0.2) is 0 Å². The van der Waals surface area contributed by atoms with Crippen LogP contribution < -0.4 is 0 Å². The van der Waals surface area contributed by atoms with Gasteiger partial charge in [-0.3, -0.25) is 20.1 Å². The van der Waals surface area contributed by atoms with Crippen LogP contribution in [0.25, 0.3) is 22.4 Å². The molecule has 21 heavy (non-hydrogen) atoms. The summed E-state index contributed by atoms with van der Waals surface area (Å²) in [6.45, 7) is 0. The van der Waals surface area contributed by atoms with Gasteiger partial charge in [0.1, 0.15) is 6.20 Å². The number of nitrogens with zero attached hydrogens (tertiary/aromatic N) is 4. The third-order valence-corrected chi connectivity index (χ3v) is 3.03. The SMILES string of the molecule is O=[N+]([O-])c1cnc(-c2ccncc2)c(-c2ccncc2)c1. The largest absolute Gasteiger partial charge is 0.288 e. The van der Waals surface area contributed by atoms with Gasteiger partial charge in [0.2, 0.25) is 0 Å². The van der Waals surface area contributed by atoms with Gasteiger partial charge in [-0.25, -0.2) is 4.98 Å². The maximum absolute atomic E-state index is 11.0. The summed E-state index contributed by atoms with van der Waals surface area (Å²) in [6, 6.07) is 8.76. The Labute approximate surface area is 120 Å². The predicted octanol–water partition coefficient (Wildman–Crippen LogP) is 3.11. The van der Waals surface area contributed by atoms with Crippen LogP contribution in [-0.2, 0) is 0 Å². The minimum atomic E-state index is -0.450. The molecule has 0 bridgehead atoms. The molecule has 0 fully saturated rings. The Kier molecular flexibility index (Phi) is 3.34. The summed E-state index contributed by atoms with van der Waals surface area (Å²) in [4.78, 5) is 22.7. The lowest BCUT2D eigenvalue weighted by molar-refractivity contribution is -0.385. The molecular weight excluding hydrogens is 268 g/mol. The molecule has 6 nitrogen and oxygen atoms in total. The first-order valence-electron chi connectivity index (χ1n) is 6.21. The number of pyridine rings is 3. The Morgan fingerprint density at radius 2 is 1.48 bits per heavy atom. The van der Waals surface area contributed by atoms with Crippen molar-refractivity contribution in [1.29, 1.82) is 0 Å². The van der Waals surface area contributed by atoms with Crippen molar-refractivity contribution < 1.29 is 4.92 Å². The van der Waals surface area contributed by atoms with E-state index in [2.05, 4.69) is 15.0 Å². The van der Waals surface area contributed by atoms with Crippen LogP contribution in [0.1, 0.15) is 0 Å². The fraction of sp³-hybridized carbons (Fsp3) is 0. The molecule has 3 heterocycles. The van der Waals surface area contributed by atoms with Gasteiger partial charge in [-0.05, 0) is 29.8 Å². The number of nitro groups is 1. The van der Waals surface area contributed by atoms with Crippen LogP contribution in [0.5, 0.6) is 0 Å². The first-order chi connectivity index (χ1) is 10.3. The zero-order valence-corrected chi connectivity index (χ0v) is 10.9. The lowest BCUT2D eigenvalue weighted by Gasteiger charge is -2.08. The summed E-state index contributed by atoms with van der Waals surface area (Å²) in [7, 11) is 0. The van der Waals surface area contributed by atoms with E-state index in [-0.39, 0.29) is 5.69 Å². The molecule has 0 aliphatic rings. The number of hydrogen-bond donors (Lipinski definition) is 0. The van der Waals surface area contributed by atoms with Crippen molar-refractivity contribution >= 4 is 5.69 Å². The Bertz CT molecular complexity index is 776. The van der Waals surface area contributed by atoms with Crippen LogP contribution in [0.3, 0.4) is 0 Å². The van der Waals surface area contributed by atoms with Gasteiger partial charge in [-0.1, -0.05) is 0 Å². The molecule has 3 aromatic rings. The highest BCUT2D eigenvalue weighted by molar-refractivity contribution is 5.81. The van der Waals surface area contributed by atoms with Crippen LogP contribution in [0.15, 0.2) is 61.3 Å². The van der Waals surface area contributed by atoms with Crippen LogP contribution in [0, 0.1) is 10.1 Å². The summed E-state index contributed by atoms with van der Waals surface area (Å²) in [6.07, 6.45) is 7.87. The lowest BCUT2D eigenvalue weighted by atomic mass is 10.0. The summed E-state index contributed by atoms with van der Waals surface area (Å²) >= 11 is 0. The zero-order chi connectivity index (χ0) is 14.7. The second kappa shape index (κ2) is 5.46. The third-order valence-electron chi connectivity index (χ3n) is 3.03. The van der Waals surface area contributed by atoms with Crippen LogP contribution >= 0.6 is 0 Å². The quantitative estimate of drug-likeness (QED) is 0.543. The fourth-order valence-electron chi connectivity index (χ4n) is 2.04. The van der Waals surface area contributed by atoms with Crippen molar-refractivity contribution in [3.63, 3.8) is 0 Å². The molecule has 0 aliphatic carbocycles. The molecule has 0 spiro atoms. The average Bonchev–Trinajstić information content (AvgIpc) is 2.56. The first-order valence-corrected chi connectivity index (χ1v) is 6.21. The highest BCUT2D eigenvalue weighted by atomic mass is 16.6. The Hall–Kier alpha value is -3.15.